The van der Waals surface area contributed by atoms with Crippen molar-refractivity contribution in [1.82, 2.24) is 5.32 Å². The number of nitrogens with one attached hydrogen (secondary N) is 1. The summed E-state index contributed by atoms with van der Waals surface area (Å²) >= 11 is 3.49. The van der Waals surface area contributed by atoms with Crippen LogP contribution in [0.3, 0.4) is 0 Å². The third-order valence-corrected chi connectivity index (χ3v) is 5.33. The predicted molar refractivity (Wildman–Crippen MR) is 101 cm³/mol. The number of esters is 1. The summed E-state index contributed by atoms with van der Waals surface area (Å²) in [5.41, 5.74) is 0.816. The smallest absolute Gasteiger partial charge is 0.310 e. The molecule has 0 aliphatic heterocycles. The minimum Gasteiger partial charge on any atom is -0.497 e. The summed E-state index contributed by atoms with van der Waals surface area (Å²) in [7, 11) is 1.59. The van der Waals surface area contributed by atoms with Gasteiger partial charge >= 0.3 is 5.97 Å². The molecule has 1 N–H and O–H groups in total. The van der Waals surface area contributed by atoms with E-state index in [0.717, 1.165) is 22.8 Å². The van der Waals surface area contributed by atoms with Crippen LogP contribution in [-0.4, -0.2) is 37.9 Å². The Bertz CT molecular complexity index is 656. The molecule has 1 aromatic heterocycles. The van der Waals surface area contributed by atoms with Gasteiger partial charge in [0, 0.05) is 22.9 Å². The summed E-state index contributed by atoms with van der Waals surface area (Å²) < 4.78 is 10.1. The van der Waals surface area contributed by atoms with Crippen molar-refractivity contribution in [3.63, 3.8) is 0 Å². The Kier molecular flexibility index (Phi) is 8.34. The van der Waals surface area contributed by atoms with Crippen molar-refractivity contribution in [2.24, 2.45) is 0 Å². The molecule has 0 radical (unpaired) electrons. The van der Waals surface area contributed by atoms with E-state index in [1.165, 1.54) is 4.88 Å². The first-order valence-corrected chi connectivity index (χ1v) is 9.86. The van der Waals surface area contributed by atoms with Crippen LogP contribution < -0.4 is 10.1 Å². The molecule has 2 rings (SSSR count). The van der Waals surface area contributed by atoms with Gasteiger partial charge in [-0.15, -0.1) is 11.3 Å². The highest BCUT2D eigenvalue weighted by atomic mass is 32.2. The molecule has 5 nitrogen and oxygen atoms in total. The minimum atomic E-state index is -0.424. The van der Waals surface area contributed by atoms with E-state index in [1.807, 2.05) is 6.07 Å². The van der Waals surface area contributed by atoms with Crippen LogP contribution in [0, 0.1) is 0 Å². The monoisotopic (exact) mass is 379 g/mol. The molecule has 0 saturated heterocycles. The summed E-state index contributed by atoms with van der Waals surface area (Å²) in [6, 6.07) is 11.3. The summed E-state index contributed by atoms with van der Waals surface area (Å²) in [5.74, 6) is 1.80. The van der Waals surface area contributed by atoms with E-state index >= 15 is 0 Å². The van der Waals surface area contributed by atoms with Crippen LogP contribution >= 0.6 is 23.1 Å². The van der Waals surface area contributed by atoms with Crippen LogP contribution in [0.25, 0.3) is 0 Å². The van der Waals surface area contributed by atoms with Crippen molar-refractivity contribution in [1.29, 1.82) is 0 Å². The van der Waals surface area contributed by atoms with Gasteiger partial charge in [-0.1, -0.05) is 18.2 Å². The zero-order chi connectivity index (χ0) is 17.9. The van der Waals surface area contributed by atoms with Crippen molar-refractivity contribution in [2.75, 3.05) is 26.0 Å². The van der Waals surface area contributed by atoms with E-state index < -0.39 is 5.97 Å². The minimum absolute atomic E-state index is 0.133. The molecule has 7 heteroatoms. The normalized spacial score (nSPS) is 10.3. The number of carbonyl (C=O) groups excluding carboxylic acids is 2. The largest absolute Gasteiger partial charge is 0.497 e. The zero-order valence-electron chi connectivity index (χ0n) is 14.0. The Morgan fingerprint density at radius 3 is 2.68 bits per heavy atom. The number of thiophene rings is 1. The second-order valence-electron chi connectivity index (χ2n) is 5.17. The second-order valence-corrected chi connectivity index (χ2v) is 7.30. The first kappa shape index (κ1) is 19.3. The van der Waals surface area contributed by atoms with Crippen LogP contribution in [0.2, 0.25) is 0 Å². The maximum absolute atomic E-state index is 11.7. The van der Waals surface area contributed by atoms with E-state index in [2.05, 4.69) is 16.8 Å². The first-order chi connectivity index (χ1) is 12.2. The van der Waals surface area contributed by atoms with Crippen LogP contribution in [-0.2, 0) is 26.5 Å². The highest BCUT2D eigenvalue weighted by molar-refractivity contribution is 7.98. The standard InChI is InChI=1S/C18H21NO4S2/c1-22-15-6-4-14(5-7-15)11-18(21)23-12-17(20)19-8-10-24-13-16-3-2-9-25-16/h2-7,9H,8,10-13H2,1H3,(H,19,20). The van der Waals surface area contributed by atoms with Gasteiger partial charge in [-0.25, -0.2) is 0 Å². The van der Waals surface area contributed by atoms with E-state index in [4.69, 9.17) is 9.47 Å². The Balaban J connectivity index is 1.55. The van der Waals surface area contributed by atoms with Crippen molar-refractivity contribution in [3.05, 3.63) is 52.2 Å². The number of methoxy groups -OCH3 is 1. The molecule has 25 heavy (non-hydrogen) atoms. The molecule has 0 atom stereocenters. The summed E-state index contributed by atoms with van der Waals surface area (Å²) in [4.78, 5) is 24.7. The van der Waals surface area contributed by atoms with Crippen molar-refractivity contribution < 1.29 is 19.1 Å². The Morgan fingerprint density at radius 1 is 1.20 bits per heavy atom. The van der Waals surface area contributed by atoms with Gasteiger partial charge in [-0.3, -0.25) is 9.59 Å². The Morgan fingerprint density at radius 2 is 2.00 bits per heavy atom. The molecule has 0 aliphatic rings. The zero-order valence-corrected chi connectivity index (χ0v) is 15.7. The van der Waals surface area contributed by atoms with Crippen LogP contribution in [0.15, 0.2) is 41.8 Å². The molecule has 1 aromatic carbocycles. The highest BCUT2D eigenvalue weighted by Gasteiger charge is 2.08. The Hall–Kier alpha value is -1.99. The fourth-order valence-electron chi connectivity index (χ4n) is 1.99. The fourth-order valence-corrected chi connectivity index (χ4v) is 3.69. The molecular formula is C18H21NO4S2. The number of hydrogen-bond donors (Lipinski definition) is 1. The molecular weight excluding hydrogens is 358 g/mol. The Labute approximate surface area is 155 Å². The van der Waals surface area contributed by atoms with Crippen LogP contribution in [0.1, 0.15) is 10.4 Å². The maximum atomic E-state index is 11.7. The van der Waals surface area contributed by atoms with Gasteiger partial charge in [0.05, 0.1) is 13.5 Å². The molecule has 0 saturated carbocycles. The van der Waals surface area contributed by atoms with Crippen molar-refractivity contribution in [3.8, 4) is 5.75 Å². The SMILES string of the molecule is COc1ccc(CC(=O)OCC(=O)NCCSCc2cccs2)cc1. The lowest BCUT2D eigenvalue weighted by molar-refractivity contribution is -0.147. The highest BCUT2D eigenvalue weighted by Crippen LogP contribution is 2.16. The van der Waals surface area contributed by atoms with Gasteiger partial charge < -0.3 is 14.8 Å². The average molecular weight is 380 g/mol. The molecule has 0 bridgehead atoms. The van der Waals surface area contributed by atoms with Crippen molar-refractivity contribution in [2.45, 2.75) is 12.2 Å². The number of thioether (sulfide) groups is 1. The van der Waals surface area contributed by atoms with Gasteiger partial charge in [-0.2, -0.15) is 11.8 Å². The summed E-state index contributed by atoms with van der Waals surface area (Å²) in [5, 5.41) is 4.80. The second kappa shape index (κ2) is 10.8. The van der Waals surface area contributed by atoms with Crippen molar-refractivity contribution >= 4 is 35.0 Å². The average Bonchev–Trinajstić information content (AvgIpc) is 3.14. The number of ether oxygens (including phenoxy) is 2. The number of carbonyl (C=O) groups is 2. The van der Waals surface area contributed by atoms with E-state index in [0.29, 0.717) is 6.54 Å². The predicted octanol–water partition coefficient (Wildman–Crippen LogP) is 2.89. The summed E-state index contributed by atoms with van der Waals surface area (Å²) in [6.07, 6.45) is 0.133. The molecule has 0 aliphatic carbocycles. The molecule has 0 fully saturated rings. The molecule has 0 spiro atoms. The van der Waals surface area contributed by atoms with Gasteiger partial charge in [0.25, 0.3) is 5.91 Å². The lowest BCUT2D eigenvalue weighted by atomic mass is 10.1. The van der Waals surface area contributed by atoms with Gasteiger partial charge in [0.2, 0.25) is 0 Å². The molecule has 1 heterocycles. The molecule has 1 amide bonds. The summed E-state index contributed by atoms with van der Waals surface area (Å²) in [6.45, 7) is 0.315. The number of amides is 1. The van der Waals surface area contributed by atoms with Gasteiger partial charge in [0.15, 0.2) is 6.61 Å². The number of hydrogen-bond acceptors (Lipinski definition) is 6. The van der Waals surface area contributed by atoms with E-state index in [9.17, 15) is 9.59 Å². The number of rotatable bonds is 10. The topological polar surface area (TPSA) is 64.6 Å². The van der Waals surface area contributed by atoms with Gasteiger partial charge in [0.1, 0.15) is 5.75 Å². The lowest BCUT2D eigenvalue weighted by Gasteiger charge is -2.07. The molecule has 2 aromatic rings. The molecule has 134 valence electrons. The quantitative estimate of drug-likeness (QED) is 0.508. The molecule has 0 unspecified atom stereocenters. The third-order valence-electron chi connectivity index (χ3n) is 3.26. The van der Waals surface area contributed by atoms with E-state index in [-0.39, 0.29) is 18.9 Å². The van der Waals surface area contributed by atoms with Gasteiger partial charge in [-0.05, 0) is 29.1 Å². The maximum Gasteiger partial charge on any atom is 0.310 e. The van der Waals surface area contributed by atoms with Crippen LogP contribution in [0.5, 0.6) is 5.75 Å². The lowest BCUT2D eigenvalue weighted by Crippen LogP contribution is -2.30. The third kappa shape index (κ3) is 7.62. The fraction of sp³-hybridized carbons (Fsp3) is 0.333. The number of benzene rings is 1. The van der Waals surface area contributed by atoms with E-state index in [1.54, 1.807) is 54.5 Å². The first-order valence-electron chi connectivity index (χ1n) is 7.83. The van der Waals surface area contributed by atoms with Crippen LogP contribution in [0.4, 0.5) is 0 Å².